The highest BCUT2D eigenvalue weighted by Crippen LogP contribution is 2.23. The molecule has 2 fully saturated rings. The number of hydrogen-bond donors (Lipinski definition) is 1. The zero-order valence-corrected chi connectivity index (χ0v) is 13.0. The third kappa shape index (κ3) is 3.95. The maximum atomic E-state index is 12.4. The molecule has 2 aliphatic rings. The molecular weight excluding hydrogens is 272 g/mol. The highest BCUT2D eigenvalue weighted by molar-refractivity contribution is 5.81. The van der Waals surface area contributed by atoms with Gasteiger partial charge in [0.15, 0.2) is 0 Å². The lowest BCUT2D eigenvalue weighted by Crippen LogP contribution is -2.47. The number of amides is 1. The van der Waals surface area contributed by atoms with Gasteiger partial charge in [-0.05, 0) is 12.8 Å². The number of likely N-dealkylation sites (tertiary alicyclic amines) is 1. The van der Waals surface area contributed by atoms with Crippen LogP contribution in [0.4, 0.5) is 0 Å². The first kappa shape index (κ1) is 16.2. The van der Waals surface area contributed by atoms with Gasteiger partial charge in [-0.2, -0.15) is 0 Å². The fourth-order valence-corrected chi connectivity index (χ4v) is 3.39. The van der Waals surface area contributed by atoms with Crippen molar-refractivity contribution in [1.82, 2.24) is 9.80 Å². The summed E-state index contributed by atoms with van der Waals surface area (Å²) in [6.07, 6.45) is 5.50. The molecular formula is C15H26N2O4. The van der Waals surface area contributed by atoms with Crippen LogP contribution in [0, 0.1) is 0 Å². The normalized spacial score (nSPS) is 27.6. The van der Waals surface area contributed by atoms with Gasteiger partial charge in [-0.1, -0.05) is 19.3 Å². The van der Waals surface area contributed by atoms with Gasteiger partial charge in [0.05, 0.1) is 19.8 Å². The van der Waals surface area contributed by atoms with Gasteiger partial charge < -0.3 is 14.7 Å². The summed E-state index contributed by atoms with van der Waals surface area (Å²) in [5.41, 5.74) is 0. The Balaban J connectivity index is 1.92. The number of hydrogen-bond acceptors (Lipinski definition) is 5. The summed E-state index contributed by atoms with van der Waals surface area (Å²) in [5.74, 6) is -0.357. The second-order valence-corrected chi connectivity index (χ2v) is 6.15. The van der Waals surface area contributed by atoms with E-state index in [0.29, 0.717) is 19.0 Å². The molecule has 2 atom stereocenters. The van der Waals surface area contributed by atoms with Gasteiger partial charge in [-0.15, -0.1) is 0 Å². The quantitative estimate of drug-likeness (QED) is 0.760. The van der Waals surface area contributed by atoms with E-state index in [1.165, 1.54) is 26.4 Å². The number of ether oxygens (including phenoxy) is 1. The number of likely N-dealkylation sites (N-methyl/N-ethyl adjacent to an activating group) is 1. The second kappa shape index (κ2) is 7.22. The molecule has 1 saturated heterocycles. The van der Waals surface area contributed by atoms with Crippen LogP contribution >= 0.6 is 0 Å². The molecule has 6 heteroatoms. The number of β-amino-alcohol motifs (C(OH)–C–C–N with tert-alkyl or cyclic N) is 1. The molecule has 2 rings (SSSR count). The predicted octanol–water partition coefficient (Wildman–Crippen LogP) is 0.386. The van der Waals surface area contributed by atoms with Gasteiger partial charge in [-0.3, -0.25) is 14.5 Å². The molecule has 1 heterocycles. The van der Waals surface area contributed by atoms with Gasteiger partial charge >= 0.3 is 5.97 Å². The van der Waals surface area contributed by atoms with Crippen LogP contribution in [0.2, 0.25) is 0 Å². The molecule has 1 aliphatic carbocycles. The summed E-state index contributed by atoms with van der Waals surface area (Å²) in [5, 5.41) is 9.74. The summed E-state index contributed by atoms with van der Waals surface area (Å²) in [4.78, 5) is 27.7. The van der Waals surface area contributed by atoms with Crippen molar-refractivity contribution in [3.8, 4) is 0 Å². The van der Waals surface area contributed by atoms with Crippen LogP contribution in [0.5, 0.6) is 0 Å². The van der Waals surface area contributed by atoms with Crippen molar-refractivity contribution in [3.05, 3.63) is 0 Å². The number of carbonyl (C=O) groups is 2. The Morgan fingerprint density at radius 1 is 1.29 bits per heavy atom. The zero-order valence-electron chi connectivity index (χ0n) is 13.0. The lowest BCUT2D eigenvalue weighted by Gasteiger charge is -2.33. The minimum atomic E-state index is -0.568. The Labute approximate surface area is 126 Å². The summed E-state index contributed by atoms with van der Waals surface area (Å²) >= 11 is 0. The van der Waals surface area contributed by atoms with Crippen molar-refractivity contribution in [3.63, 3.8) is 0 Å². The van der Waals surface area contributed by atoms with Crippen LogP contribution in [0.15, 0.2) is 0 Å². The standard InChI is InChI=1S/C15H26N2O4/c1-16(11-6-4-3-5-7-11)14(19)10-17-9-12(18)8-13(17)15(20)21-2/h11-13,18H,3-10H2,1-2H3. The van der Waals surface area contributed by atoms with Crippen LogP contribution in [0.3, 0.4) is 0 Å². The van der Waals surface area contributed by atoms with Crippen molar-refractivity contribution in [2.45, 2.75) is 56.7 Å². The fraction of sp³-hybridized carbons (Fsp3) is 0.867. The molecule has 1 N–H and O–H groups in total. The first-order chi connectivity index (χ1) is 10.0. The van der Waals surface area contributed by atoms with Gasteiger partial charge in [0, 0.05) is 26.1 Å². The van der Waals surface area contributed by atoms with Gasteiger partial charge in [0.1, 0.15) is 6.04 Å². The molecule has 0 aromatic rings. The van der Waals surface area contributed by atoms with Crippen molar-refractivity contribution in [2.75, 3.05) is 27.2 Å². The van der Waals surface area contributed by atoms with Crippen molar-refractivity contribution in [2.24, 2.45) is 0 Å². The Hall–Kier alpha value is -1.14. The van der Waals surface area contributed by atoms with E-state index in [1.807, 2.05) is 11.9 Å². The molecule has 2 unspecified atom stereocenters. The topological polar surface area (TPSA) is 70.1 Å². The summed E-state index contributed by atoms with van der Waals surface area (Å²) < 4.78 is 4.75. The van der Waals surface area contributed by atoms with E-state index in [0.717, 1.165) is 12.8 Å². The number of nitrogens with zero attached hydrogens (tertiary/aromatic N) is 2. The molecule has 0 spiro atoms. The monoisotopic (exact) mass is 298 g/mol. The van der Waals surface area contributed by atoms with E-state index >= 15 is 0 Å². The zero-order chi connectivity index (χ0) is 15.4. The van der Waals surface area contributed by atoms with E-state index in [9.17, 15) is 14.7 Å². The molecule has 1 saturated carbocycles. The first-order valence-corrected chi connectivity index (χ1v) is 7.78. The molecule has 1 amide bonds. The Bertz CT molecular complexity index is 382. The molecule has 6 nitrogen and oxygen atoms in total. The largest absolute Gasteiger partial charge is 0.468 e. The highest BCUT2D eigenvalue weighted by Gasteiger charge is 2.38. The number of methoxy groups -OCH3 is 1. The van der Waals surface area contributed by atoms with Crippen molar-refractivity contribution in [1.29, 1.82) is 0 Å². The van der Waals surface area contributed by atoms with Gasteiger partial charge in [0.25, 0.3) is 0 Å². The first-order valence-electron chi connectivity index (χ1n) is 7.78. The third-order valence-corrected chi connectivity index (χ3v) is 4.71. The smallest absolute Gasteiger partial charge is 0.323 e. The fourth-order valence-electron chi connectivity index (χ4n) is 3.39. The van der Waals surface area contributed by atoms with Crippen LogP contribution in [0.1, 0.15) is 38.5 Å². The Kier molecular flexibility index (Phi) is 5.58. The summed E-state index contributed by atoms with van der Waals surface area (Å²) in [6, 6.07) is -0.191. The lowest BCUT2D eigenvalue weighted by molar-refractivity contribution is -0.147. The number of aliphatic hydroxyl groups excluding tert-OH is 1. The average Bonchev–Trinajstić information content (AvgIpc) is 2.87. The minimum absolute atomic E-state index is 0.0184. The molecule has 0 radical (unpaired) electrons. The number of rotatable bonds is 4. The third-order valence-electron chi connectivity index (χ3n) is 4.71. The molecule has 21 heavy (non-hydrogen) atoms. The van der Waals surface area contributed by atoms with Crippen LogP contribution in [0.25, 0.3) is 0 Å². The van der Waals surface area contributed by atoms with E-state index in [4.69, 9.17) is 4.74 Å². The van der Waals surface area contributed by atoms with Crippen LogP contribution in [-0.2, 0) is 14.3 Å². The number of carbonyl (C=O) groups excluding carboxylic acids is 2. The van der Waals surface area contributed by atoms with Gasteiger partial charge in [0.2, 0.25) is 5.91 Å². The van der Waals surface area contributed by atoms with Crippen LogP contribution < -0.4 is 0 Å². The van der Waals surface area contributed by atoms with E-state index in [2.05, 4.69) is 0 Å². The molecule has 120 valence electrons. The lowest BCUT2D eigenvalue weighted by atomic mass is 9.94. The second-order valence-electron chi connectivity index (χ2n) is 6.15. The van der Waals surface area contributed by atoms with E-state index in [1.54, 1.807) is 4.90 Å². The van der Waals surface area contributed by atoms with Crippen molar-refractivity contribution < 1.29 is 19.4 Å². The summed E-state index contributed by atoms with van der Waals surface area (Å²) in [6.45, 7) is 0.522. The number of aliphatic hydroxyl groups is 1. The SMILES string of the molecule is COC(=O)C1CC(O)CN1CC(=O)N(C)C1CCCCC1. The maximum Gasteiger partial charge on any atom is 0.323 e. The molecule has 0 aromatic heterocycles. The maximum absolute atomic E-state index is 12.4. The van der Waals surface area contributed by atoms with Gasteiger partial charge in [-0.25, -0.2) is 0 Å². The predicted molar refractivity (Wildman–Crippen MR) is 77.6 cm³/mol. The molecule has 0 bridgehead atoms. The molecule has 0 aromatic carbocycles. The van der Waals surface area contributed by atoms with E-state index < -0.39 is 12.1 Å². The Morgan fingerprint density at radius 2 is 1.95 bits per heavy atom. The Morgan fingerprint density at radius 3 is 2.57 bits per heavy atom. The average molecular weight is 298 g/mol. The van der Waals surface area contributed by atoms with Crippen LogP contribution in [-0.4, -0.2) is 72.2 Å². The van der Waals surface area contributed by atoms with Crippen molar-refractivity contribution >= 4 is 11.9 Å². The molecule has 1 aliphatic heterocycles. The van der Waals surface area contributed by atoms with E-state index in [-0.39, 0.29) is 18.4 Å². The number of esters is 1. The minimum Gasteiger partial charge on any atom is -0.468 e. The highest BCUT2D eigenvalue weighted by atomic mass is 16.5. The summed E-state index contributed by atoms with van der Waals surface area (Å²) in [7, 11) is 3.18.